The van der Waals surface area contributed by atoms with Gasteiger partial charge in [0.25, 0.3) is 0 Å². The summed E-state index contributed by atoms with van der Waals surface area (Å²) in [5.74, 6) is -0.224. The third-order valence-electron chi connectivity index (χ3n) is 3.13. The molecule has 0 radical (unpaired) electrons. The SMILES string of the molecule is O=C(NCc1ccccc1)[C@@H]1CCC[C@@H]1O. The molecule has 0 heterocycles. The summed E-state index contributed by atoms with van der Waals surface area (Å²) in [5, 5.41) is 12.5. The predicted octanol–water partition coefficient (Wildman–Crippen LogP) is 1.46. The summed E-state index contributed by atoms with van der Waals surface area (Å²) in [7, 11) is 0. The van der Waals surface area contributed by atoms with Gasteiger partial charge in [-0.05, 0) is 24.8 Å². The summed E-state index contributed by atoms with van der Waals surface area (Å²) in [5.41, 5.74) is 1.09. The molecule has 1 amide bonds. The fourth-order valence-corrected chi connectivity index (χ4v) is 2.16. The summed E-state index contributed by atoms with van der Waals surface area (Å²) >= 11 is 0. The Morgan fingerprint density at radius 2 is 2.06 bits per heavy atom. The first-order valence-electron chi connectivity index (χ1n) is 5.77. The van der Waals surface area contributed by atoms with Gasteiger partial charge in [-0.2, -0.15) is 0 Å². The molecule has 0 aromatic heterocycles. The highest BCUT2D eigenvalue weighted by Crippen LogP contribution is 2.25. The Morgan fingerprint density at radius 1 is 1.31 bits per heavy atom. The van der Waals surface area contributed by atoms with E-state index >= 15 is 0 Å². The number of nitrogens with one attached hydrogen (secondary N) is 1. The van der Waals surface area contributed by atoms with Crippen LogP contribution < -0.4 is 5.32 Å². The zero-order valence-electron chi connectivity index (χ0n) is 9.23. The van der Waals surface area contributed by atoms with Gasteiger partial charge in [-0.3, -0.25) is 4.79 Å². The number of carbonyl (C=O) groups excluding carboxylic acids is 1. The van der Waals surface area contributed by atoms with Crippen LogP contribution in [0.3, 0.4) is 0 Å². The molecular formula is C13H17NO2. The third kappa shape index (κ3) is 2.61. The molecule has 2 N–H and O–H groups in total. The number of aliphatic hydroxyl groups excluding tert-OH is 1. The van der Waals surface area contributed by atoms with Crippen LogP contribution in [0.5, 0.6) is 0 Å². The summed E-state index contributed by atoms with van der Waals surface area (Å²) in [6, 6.07) is 9.81. The van der Waals surface area contributed by atoms with Crippen LogP contribution in [0.1, 0.15) is 24.8 Å². The van der Waals surface area contributed by atoms with Crippen molar-refractivity contribution in [1.29, 1.82) is 0 Å². The van der Waals surface area contributed by atoms with Crippen LogP contribution in [-0.4, -0.2) is 17.1 Å². The summed E-state index contributed by atoms with van der Waals surface area (Å²) < 4.78 is 0. The van der Waals surface area contributed by atoms with E-state index in [0.29, 0.717) is 6.54 Å². The Bertz CT molecular complexity index is 350. The molecule has 0 saturated heterocycles. The Hall–Kier alpha value is -1.35. The van der Waals surface area contributed by atoms with Crippen molar-refractivity contribution in [1.82, 2.24) is 5.32 Å². The molecule has 3 nitrogen and oxygen atoms in total. The number of hydrogen-bond donors (Lipinski definition) is 2. The van der Waals surface area contributed by atoms with Crippen LogP contribution in [-0.2, 0) is 11.3 Å². The number of aliphatic hydroxyl groups is 1. The van der Waals surface area contributed by atoms with Crippen LogP contribution in [0.15, 0.2) is 30.3 Å². The molecule has 1 saturated carbocycles. The maximum absolute atomic E-state index is 11.8. The van der Waals surface area contributed by atoms with Gasteiger partial charge in [-0.15, -0.1) is 0 Å². The van der Waals surface area contributed by atoms with Gasteiger partial charge in [0.2, 0.25) is 5.91 Å². The average molecular weight is 219 g/mol. The minimum atomic E-state index is -0.448. The lowest BCUT2D eigenvalue weighted by Gasteiger charge is -2.14. The van der Waals surface area contributed by atoms with Gasteiger partial charge in [-0.25, -0.2) is 0 Å². The first-order valence-corrected chi connectivity index (χ1v) is 5.77. The van der Waals surface area contributed by atoms with Crippen molar-refractivity contribution in [2.24, 2.45) is 5.92 Å². The first-order chi connectivity index (χ1) is 7.77. The maximum Gasteiger partial charge on any atom is 0.225 e. The first kappa shape index (κ1) is 11.1. The minimum absolute atomic E-state index is 0.0196. The monoisotopic (exact) mass is 219 g/mol. The van der Waals surface area contributed by atoms with Gasteiger partial charge < -0.3 is 10.4 Å². The second kappa shape index (κ2) is 5.12. The second-order valence-electron chi connectivity index (χ2n) is 4.31. The van der Waals surface area contributed by atoms with Crippen LogP contribution in [0.2, 0.25) is 0 Å². The van der Waals surface area contributed by atoms with Crippen molar-refractivity contribution < 1.29 is 9.90 Å². The van der Waals surface area contributed by atoms with Gasteiger partial charge in [-0.1, -0.05) is 30.3 Å². The molecule has 86 valence electrons. The molecule has 1 aromatic rings. The second-order valence-corrected chi connectivity index (χ2v) is 4.31. The molecule has 2 rings (SSSR count). The minimum Gasteiger partial charge on any atom is -0.392 e. The van der Waals surface area contributed by atoms with E-state index < -0.39 is 6.10 Å². The molecule has 0 unspecified atom stereocenters. The third-order valence-corrected chi connectivity index (χ3v) is 3.13. The number of rotatable bonds is 3. The Labute approximate surface area is 95.5 Å². The Balaban J connectivity index is 1.84. The van der Waals surface area contributed by atoms with E-state index in [4.69, 9.17) is 0 Å². The van der Waals surface area contributed by atoms with Crippen LogP contribution >= 0.6 is 0 Å². The molecular weight excluding hydrogens is 202 g/mol. The number of amides is 1. The lowest BCUT2D eigenvalue weighted by molar-refractivity contribution is -0.127. The molecule has 2 atom stereocenters. The molecule has 1 aliphatic carbocycles. The quantitative estimate of drug-likeness (QED) is 0.808. The summed E-state index contributed by atoms with van der Waals surface area (Å²) in [6.45, 7) is 0.545. The number of carbonyl (C=O) groups is 1. The van der Waals surface area contributed by atoms with E-state index in [1.54, 1.807) is 0 Å². The molecule has 1 fully saturated rings. The van der Waals surface area contributed by atoms with Crippen LogP contribution in [0.4, 0.5) is 0 Å². The van der Waals surface area contributed by atoms with Crippen molar-refractivity contribution in [2.45, 2.75) is 31.9 Å². The van der Waals surface area contributed by atoms with E-state index in [-0.39, 0.29) is 11.8 Å². The highest BCUT2D eigenvalue weighted by molar-refractivity contribution is 5.79. The van der Waals surface area contributed by atoms with Crippen LogP contribution in [0, 0.1) is 5.92 Å². The average Bonchev–Trinajstić information content (AvgIpc) is 2.74. The fraction of sp³-hybridized carbons (Fsp3) is 0.462. The Morgan fingerprint density at radius 3 is 2.69 bits per heavy atom. The highest BCUT2D eigenvalue weighted by Gasteiger charge is 2.30. The van der Waals surface area contributed by atoms with E-state index in [0.717, 1.165) is 24.8 Å². The Kier molecular flexibility index (Phi) is 3.57. The zero-order chi connectivity index (χ0) is 11.4. The van der Waals surface area contributed by atoms with Gasteiger partial charge >= 0.3 is 0 Å². The normalized spacial score (nSPS) is 24.3. The maximum atomic E-state index is 11.8. The van der Waals surface area contributed by atoms with Crippen molar-refractivity contribution in [3.8, 4) is 0 Å². The highest BCUT2D eigenvalue weighted by atomic mass is 16.3. The van der Waals surface area contributed by atoms with Crippen molar-refractivity contribution in [2.75, 3.05) is 0 Å². The van der Waals surface area contributed by atoms with Gasteiger partial charge in [0.15, 0.2) is 0 Å². The van der Waals surface area contributed by atoms with Gasteiger partial charge in [0.1, 0.15) is 0 Å². The molecule has 3 heteroatoms. The van der Waals surface area contributed by atoms with Crippen molar-refractivity contribution >= 4 is 5.91 Å². The smallest absolute Gasteiger partial charge is 0.225 e. The molecule has 16 heavy (non-hydrogen) atoms. The largest absolute Gasteiger partial charge is 0.392 e. The summed E-state index contributed by atoms with van der Waals surface area (Å²) in [6.07, 6.45) is 2.06. The fourth-order valence-electron chi connectivity index (χ4n) is 2.16. The van der Waals surface area contributed by atoms with Crippen LogP contribution in [0.25, 0.3) is 0 Å². The molecule has 1 aliphatic rings. The molecule has 0 aliphatic heterocycles. The van der Waals surface area contributed by atoms with E-state index in [1.165, 1.54) is 0 Å². The standard InChI is InChI=1S/C13H17NO2/c15-12-8-4-7-11(12)13(16)14-9-10-5-2-1-3-6-10/h1-3,5-6,11-12,15H,4,7-9H2,(H,14,16)/t11-,12+/m1/s1. The number of hydrogen-bond acceptors (Lipinski definition) is 2. The molecule has 0 bridgehead atoms. The number of benzene rings is 1. The summed E-state index contributed by atoms with van der Waals surface area (Å²) in [4.78, 5) is 11.8. The van der Waals surface area contributed by atoms with E-state index in [9.17, 15) is 9.90 Å². The van der Waals surface area contributed by atoms with Crippen molar-refractivity contribution in [3.05, 3.63) is 35.9 Å². The lowest BCUT2D eigenvalue weighted by Crippen LogP contribution is -2.34. The van der Waals surface area contributed by atoms with Gasteiger partial charge in [0, 0.05) is 6.54 Å². The molecule has 1 aromatic carbocycles. The van der Waals surface area contributed by atoms with Crippen molar-refractivity contribution in [3.63, 3.8) is 0 Å². The van der Waals surface area contributed by atoms with E-state index in [2.05, 4.69) is 5.32 Å². The van der Waals surface area contributed by atoms with E-state index in [1.807, 2.05) is 30.3 Å². The zero-order valence-corrected chi connectivity index (χ0v) is 9.23. The topological polar surface area (TPSA) is 49.3 Å². The lowest BCUT2D eigenvalue weighted by atomic mass is 10.1. The molecule has 0 spiro atoms. The predicted molar refractivity (Wildman–Crippen MR) is 61.6 cm³/mol. The van der Waals surface area contributed by atoms with Gasteiger partial charge in [0.05, 0.1) is 12.0 Å².